The van der Waals surface area contributed by atoms with Gasteiger partial charge >= 0.3 is 0 Å². The fraction of sp³-hybridized carbons (Fsp3) is 0.208. The van der Waals surface area contributed by atoms with Gasteiger partial charge in [-0.25, -0.2) is 0 Å². The zero-order valence-corrected chi connectivity index (χ0v) is 17.3. The van der Waals surface area contributed by atoms with Gasteiger partial charge in [0.25, 0.3) is 17.4 Å². The van der Waals surface area contributed by atoms with Crippen LogP contribution in [0, 0.1) is 6.92 Å². The molecule has 0 unspecified atom stereocenters. The van der Waals surface area contributed by atoms with E-state index in [0.717, 1.165) is 12.0 Å². The van der Waals surface area contributed by atoms with Crippen molar-refractivity contribution in [2.45, 2.75) is 33.2 Å². The Hall–Kier alpha value is -3.67. The Bertz CT molecular complexity index is 1120. The second-order valence-electron chi connectivity index (χ2n) is 7.25. The summed E-state index contributed by atoms with van der Waals surface area (Å²) in [6.07, 6.45) is 2.39. The first-order chi connectivity index (χ1) is 14.4. The van der Waals surface area contributed by atoms with Crippen molar-refractivity contribution in [3.63, 3.8) is 0 Å². The molecular weight excluding hydrogens is 378 g/mol. The van der Waals surface area contributed by atoms with Gasteiger partial charge in [0.1, 0.15) is 5.56 Å². The Kier molecular flexibility index (Phi) is 6.47. The maximum atomic E-state index is 12.8. The van der Waals surface area contributed by atoms with Crippen LogP contribution in [0.5, 0.6) is 0 Å². The third kappa shape index (κ3) is 4.84. The lowest BCUT2D eigenvalue weighted by molar-refractivity contribution is 0.0936. The van der Waals surface area contributed by atoms with Gasteiger partial charge in [0.15, 0.2) is 0 Å². The Morgan fingerprint density at radius 3 is 2.40 bits per heavy atom. The van der Waals surface area contributed by atoms with Crippen molar-refractivity contribution in [3.8, 4) is 5.69 Å². The van der Waals surface area contributed by atoms with Crippen LogP contribution < -0.4 is 16.2 Å². The molecule has 0 saturated heterocycles. The molecule has 0 spiro atoms. The number of anilines is 1. The van der Waals surface area contributed by atoms with E-state index >= 15 is 0 Å². The number of nitrogens with one attached hydrogen (secondary N) is 2. The molecule has 2 amide bonds. The van der Waals surface area contributed by atoms with Gasteiger partial charge in [-0.3, -0.25) is 19.0 Å². The predicted molar refractivity (Wildman–Crippen MR) is 118 cm³/mol. The summed E-state index contributed by atoms with van der Waals surface area (Å²) in [4.78, 5) is 37.6. The molecular formula is C24H25N3O3. The summed E-state index contributed by atoms with van der Waals surface area (Å²) in [5.41, 5.74) is 2.50. The van der Waals surface area contributed by atoms with E-state index in [0.29, 0.717) is 16.9 Å². The lowest BCUT2D eigenvalue weighted by Crippen LogP contribution is -2.36. The van der Waals surface area contributed by atoms with Crippen molar-refractivity contribution >= 4 is 17.5 Å². The van der Waals surface area contributed by atoms with Crippen molar-refractivity contribution in [3.05, 3.63) is 93.9 Å². The molecule has 0 aliphatic carbocycles. The van der Waals surface area contributed by atoms with Gasteiger partial charge in [0.05, 0.1) is 0 Å². The number of aromatic nitrogens is 1. The number of pyridine rings is 1. The Morgan fingerprint density at radius 1 is 1.00 bits per heavy atom. The molecule has 0 fully saturated rings. The molecule has 1 aromatic heterocycles. The quantitative estimate of drug-likeness (QED) is 0.654. The van der Waals surface area contributed by atoms with E-state index in [-0.39, 0.29) is 23.4 Å². The fourth-order valence-corrected chi connectivity index (χ4v) is 2.97. The molecule has 3 rings (SSSR count). The first-order valence-corrected chi connectivity index (χ1v) is 9.90. The summed E-state index contributed by atoms with van der Waals surface area (Å²) >= 11 is 0. The highest BCUT2D eigenvalue weighted by molar-refractivity contribution is 6.04. The third-order valence-corrected chi connectivity index (χ3v) is 4.87. The van der Waals surface area contributed by atoms with E-state index in [1.165, 1.54) is 10.6 Å². The number of rotatable bonds is 6. The van der Waals surface area contributed by atoms with Crippen molar-refractivity contribution in [1.29, 1.82) is 0 Å². The standard InChI is InChI=1S/C24H25N3O3/c1-4-17(3)25-23(29)21-9-6-14-27(24(21)30)20-12-10-19(11-13-20)26-22(28)18-8-5-7-16(2)15-18/h5-15,17H,4H2,1-3H3,(H,25,29)(H,26,28)/t17-/m1/s1. The average Bonchev–Trinajstić information content (AvgIpc) is 2.74. The molecule has 0 aliphatic rings. The van der Waals surface area contributed by atoms with E-state index in [2.05, 4.69) is 10.6 Å². The average molecular weight is 403 g/mol. The van der Waals surface area contributed by atoms with Gasteiger partial charge < -0.3 is 10.6 Å². The van der Waals surface area contributed by atoms with Gasteiger partial charge in [0, 0.05) is 29.2 Å². The lowest BCUT2D eigenvalue weighted by Gasteiger charge is -2.13. The van der Waals surface area contributed by atoms with Crippen LogP contribution in [0.25, 0.3) is 5.69 Å². The number of aryl methyl sites for hydroxylation is 1. The number of benzene rings is 2. The van der Waals surface area contributed by atoms with Crippen molar-refractivity contribution in [2.75, 3.05) is 5.32 Å². The van der Waals surface area contributed by atoms with Crippen LogP contribution in [0.15, 0.2) is 71.7 Å². The monoisotopic (exact) mass is 403 g/mol. The highest BCUT2D eigenvalue weighted by Crippen LogP contribution is 2.14. The summed E-state index contributed by atoms with van der Waals surface area (Å²) < 4.78 is 1.41. The smallest absolute Gasteiger partial charge is 0.267 e. The van der Waals surface area contributed by atoms with Crippen molar-refractivity contribution in [1.82, 2.24) is 9.88 Å². The molecule has 0 radical (unpaired) electrons. The molecule has 3 aromatic rings. The fourth-order valence-electron chi connectivity index (χ4n) is 2.97. The van der Waals surface area contributed by atoms with Crippen LogP contribution in [0.2, 0.25) is 0 Å². The molecule has 1 atom stereocenters. The molecule has 1 heterocycles. The van der Waals surface area contributed by atoms with E-state index in [1.807, 2.05) is 39.0 Å². The van der Waals surface area contributed by atoms with Crippen LogP contribution in [-0.4, -0.2) is 22.4 Å². The van der Waals surface area contributed by atoms with Gasteiger partial charge in [-0.2, -0.15) is 0 Å². The van der Waals surface area contributed by atoms with Crippen LogP contribution >= 0.6 is 0 Å². The normalized spacial score (nSPS) is 11.6. The Labute approximate surface area is 175 Å². The molecule has 30 heavy (non-hydrogen) atoms. The minimum absolute atomic E-state index is 0.0122. The molecule has 6 heteroatoms. The van der Waals surface area contributed by atoms with E-state index in [9.17, 15) is 14.4 Å². The first kappa shape index (κ1) is 21.0. The van der Waals surface area contributed by atoms with Crippen LogP contribution in [0.1, 0.15) is 46.5 Å². The number of nitrogens with zero attached hydrogens (tertiary/aromatic N) is 1. The highest BCUT2D eigenvalue weighted by Gasteiger charge is 2.14. The predicted octanol–water partition coefficient (Wildman–Crippen LogP) is 3.93. The Morgan fingerprint density at radius 2 is 1.73 bits per heavy atom. The summed E-state index contributed by atoms with van der Waals surface area (Å²) in [6, 6.07) is 17.4. The van der Waals surface area contributed by atoms with Crippen molar-refractivity contribution in [2.24, 2.45) is 0 Å². The minimum Gasteiger partial charge on any atom is -0.349 e. The topological polar surface area (TPSA) is 80.2 Å². The van der Waals surface area contributed by atoms with Gasteiger partial charge in [0.2, 0.25) is 0 Å². The Balaban J connectivity index is 1.79. The first-order valence-electron chi connectivity index (χ1n) is 9.90. The second-order valence-corrected chi connectivity index (χ2v) is 7.25. The zero-order chi connectivity index (χ0) is 21.7. The van der Waals surface area contributed by atoms with Gasteiger partial charge in [-0.1, -0.05) is 24.6 Å². The number of hydrogen-bond donors (Lipinski definition) is 2. The van der Waals surface area contributed by atoms with Crippen LogP contribution in [-0.2, 0) is 0 Å². The number of carbonyl (C=O) groups is 2. The molecule has 0 bridgehead atoms. The summed E-state index contributed by atoms with van der Waals surface area (Å²) in [5.74, 6) is -0.585. The molecule has 2 N–H and O–H groups in total. The minimum atomic E-state index is -0.394. The molecule has 0 saturated carbocycles. The molecule has 154 valence electrons. The largest absolute Gasteiger partial charge is 0.349 e. The number of amides is 2. The zero-order valence-electron chi connectivity index (χ0n) is 17.3. The third-order valence-electron chi connectivity index (χ3n) is 4.87. The van der Waals surface area contributed by atoms with Crippen LogP contribution in [0.3, 0.4) is 0 Å². The molecule has 0 aliphatic heterocycles. The second kappa shape index (κ2) is 9.22. The van der Waals surface area contributed by atoms with Gasteiger partial charge in [-0.05, 0) is 68.8 Å². The summed E-state index contributed by atoms with van der Waals surface area (Å²) in [6.45, 7) is 5.79. The summed E-state index contributed by atoms with van der Waals surface area (Å²) in [5, 5.41) is 5.66. The van der Waals surface area contributed by atoms with E-state index in [4.69, 9.17) is 0 Å². The number of carbonyl (C=O) groups excluding carboxylic acids is 2. The lowest BCUT2D eigenvalue weighted by atomic mass is 10.1. The maximum Gasteiger partial charge on any atom is 0.267 e. The SMILES string of the molecule is CC[C@@H](C)NC(=O)c1cccn(-c2ccc(NC(=O)c3cccc(C)c3)cc2)c1=O. The van der Waals surface area contributed by atoms with Gasteiger partial charge in [-0.15, -0.1) is 0 Å². The summed E-state index contributed by atoms with van der Waals surface area (Å²) in [7, 11) is 0. The van der Waals surface area contributed by atoms with Crippen molar-refractivity contribution < 1.29 is 9.59 Å². The van der Waals surface area contributed by atoms with E-state index < -0.39 is 5.56 Å². The molecule has 2 aromatic carbocycles. The molecule has 6 nitrogen and oxygen atoms in total. The maximum absolute atomic E-state index is 12.8. The highest BCUT2D eigenvalue weighted by atomic mass is 16.2. The van der Waals surface area contributed by atoms with Crippen LogP contribution in [0.4, 0.5) is 5.69 Å². The number of hydrogen-bond acceptors (Lipinski definition) is 3. The van der Waals surface area contributed by atoms with E-state index in [1.54, 1.807) is 42.6 Å².